The molecular formula is C15H17FN4O3S. The maximum absolute atomic E-state index is 13.3. The molecule has 2 aromatic rings. The fraction of sp³-hybridized carbons (Fsp3) is 0.333. The Hall–Kier alpha value is -2.26. The summed E-state index contributed by atoms with van der Waals surface area (Å²) in [5.74, 6) is -0.769. The quantitative estimate of drug-likeness (QED) is 0.896. The number of aromatic amines is 1. The molecule has 0 radical (unpaired) electrons. The van der Waals surface area contributed by atoms with Crippen molar-refractivity contribution in [3.8, 4) is 0 Å². The average Bonchev–Trinajstić information content (AvgIpc) is 2.99. The van der Waals surface area contributed by atoms with E-state index < -0.39 is 15.8 Å². The van der Waals surface area contributed by atoms with Crippen LogP contribution in [0.25, 0.3) is 0 Å². The van der Waals surface area contributed by atoms with E-state index in [1.54, 1.807) is 11.0 Å². The lowest BCUT2D eigenvalue weighted by atomic mass is 10.2. The van der Waals surface area contributed by atoms with Gasteiger partial charge in [-0.05, 0) is 24.6 Å². The first kappa shape index (κ1) is 16.6. The van der Waals surface area contributed by atoms with E-state index in [1.165, 1.54) is 35.0 Å². The number of hydrogen-bond acceptors (Lipinski definition) is 4. The summed E-state index contributed by atoms with van der Waals surface area (Å²) in [6.07, 6.45) is 3.08. The van der Waals surface area contributed by atoms with Gasteiger partial charge in [0.15, 0.2) is 5.03 Å². The van der Waals surface area contributed by atoms with Crippen LogP contribution in [0, 0.1) is 5.82 Å². The highest BCUT2D eigenvalue weighted by atomic mass is 32.2. The third-order valence-electron chi connectivity index (χ3n) is 3.90. The lowest BCUT2D eigenvalue weighted by Crippen LogP contribution is -2.37. The van der Waals surface area contributed by atoms with E-state index >= 15 is 0 Å². The van der Waals surface area contributed by atoms with Gasteiger partial charge in [0.05, 0.1) is 12.5 Å². The SMILES string of the molecule is O=C(c1cccc(F)c1)N1CCCN(S(=O)(=O)c2cnc[nH]2)CC1. The van der Waals surface area contributed by atoms with Gasteiger partial charge in [-0.3, -0.25) is 4.79 Å². The highest BCUT2D eigenvalue weighted by molar-refractivity contribution is 7.89. The molecule has 24 heavy (non-hydrogen) atoms. The number of nitrogens with zero attached hydrogens (tertiary/aromatic N) is 3. The molecule has 0 unspecified atom stereocenters. The minimum absolute atomic E-state index is 0.0346. The van der Waals surface area contributed by atoms with E-state index in [2.05, 4.69) is 9.97 Å². The van der Waals surface area contributed by atoms with E-state index in [4.69, 9.17) is 0 Å². The van der Waals surface area contributed by atoms with Crippen LogP contribution < -0.4 is 0 Å². The number of imidazole rings is 1. The number of carbonyl (C=O) groups excluding carboxylic acids is 1. The molecule has 9 heteroatoms. The van der Waals surface area contributed by atoms with Crippen molar-refractivity contribution in [3.63, 3.8) is 0 Å². The lowest BCUT2D eigenvalue weighted by Gasteiger charge is -2.21. The number of rotatable bonds is 3. The molecule has 128 valence electrons. The zero-order valence-corrected chi connectivity index (χ0v) is 13.7. The van der Waals surface area contributed by atoms with Gasteiger partial charge in [0, 0.05) is 31.7 Å². The minimum Gasteiger partial charge on any atom is -0.337 e. The summed E-state index contributed by atoms with van der Waals surface area (Å²) in [4.78, 5) is 20.4. The van der Waals surface area contributed by atoms with Crippen LogP contribution in [0.3, 0.4) is 0 Å². The molecule has 2 heterocycles. The van der Waals surface area contributed by atoms with Crippen molar-refractivity contribution < 1.29 is 17.6 Å². The Morgan fingerprint density at radius 3 is 2.75 bits per heavy atom. The predicted octanol–water partition coefficient (Wildman–Crippen LogP) is 1.09. The Labute approximate surface area is 139 Å². The molecule has 0 atom stereocenters. The van der Waals surface area contributed by atoms with Crippen molar-refractivity contribution in [2.75, 3.05) is 26.2 Å². The smallest absolute Gasteiger partial charge is 0.260 e. The average molecular weight is 352 g/mol. The first-order valence-corrected chi connectivity index (χ1v) is 8.96. The third kappa shape index (κ3) is 3.31. The molecule has 1 fully saturated rings. The number of benzene rings is 1. The summed E-state index contributed by atoms with van der Waals surface area (Å²) < 4.78 is 39.6. The Morgan fingerprint density at radius 1 is 1.21 bits per heavy atom. The maximum atomic E-state index is 13.3. The Kier molecular flexibility index (Phi) is 4.63. The Morgan fingerprint density at radius 2 is 2.04 bits per heavy atom. The molecule has 1 amide bonds. The van der Waals surface area contributed by atoms with Crippen LogP contribution in [0.15, 0.2) is 41.8 Å². The normalized spacial score (nSPS) is 16.8. The molecule has 0 aliphatic carbocycles. The second-order valence-electron chi connectivity index (χ2n) is 5.48. The van der Waals surface area contributed by atoms with Crippen LogP contribution in [0.4, 0.5) is 4.39 Å². The molecule has 0 bridgehead atoms. The van der Waals surface area contributed by atoms with Gasteiger partial charge in [-0.25, -0.2) is 17.8 Å². The molecule has 1 aromatic carbocycles. The van der Waals surface area contributed by atoms with Crippen molar-refractivity contribution in [3.05, 3.63) is 48.2 Å². The van der Waals surface area contributed by atoms with Gasteiger partial charge in [-0.1, -0.05) is 6.07 Å². The number of sulfonamides is 1. The number of halogens is 1. The number of hydrogen-bond donors (Lipinski definition) is 1. The van der Waals surface area contributed by atoms with Crippen LogP contribution >= 0.6 is 0 Å². The topological polar surface area (TPSA) is 86.4 Å². The molecule has 0 spiro atoms. The van der Waals surface area contributed by atoms with Crippen LogP contribution in [0.5, 0.6) is 0 Å². The summed E-state index contributed by atoms with van der Waals surface area (Å²) in [6, 6.07) is 5.50. The van der Waals surface area contributed by atoms with Crippen molar-refractivity contribution >= 4 is 15.9 Å². The van der Waals surface area contributed by atoms with Crippen LogP contribution in [-0.4, -0.2) is 59.7 Å². The van der Waals surface area contributed by atoms with Gasteiger partial charge in [0.1, 0.15) is 5.82 Å². The first-order valence-electron chi connectivity index (χ1n) is 7.52. The summed E-state index contributed by atoms with van der Waals surface area (Å²) in [5.41, 5.74) is 0.264. The van der Waals surface area contributed by atoms with Gasteiger partial charge >= 0.3 is 0 Å². The summed E-state index contributed by atoms with van der Waals surface area (Å²) >= 11 is 0. The van der Waals surface area contributed by atoms with E-state index in [1.807, 2.05) is 0 Å². The summed E-state index contributed by atoms with van der Waals surface area (Å²) in [7, 11) is -3.65. The van der Waals surface area contributed by atoms with Gasteiger partial charge in [0.2, 0.25) is 0 Å². The van der Waals surface area contributed by atoms with E-state index in [0.717, 1.165) is 0 Å². The van der Waals surface area contributed by atoms with Crippen molar-refractivity contribution in [1.82, 2.24) is 19.2 Å². The maximum Gasteiger partial charge on any atom is 0.260 e. The van der Waals surface area contributed by atoms with Crippen molar-refractivity contribution in [2.24, 2.45) is 0 Å². The zero-order valence-electron chi connectivity index (χ0n) is 12.9. The largest absolute Gasteiger partial charge is 0.337 e. The molecule has 1 aliphatic heterocycles. The van der Waals surface area contributed by atoms with E-state index in [-0.39, 0.29) is 29.6 Å². The zero-order chi connectivity index (χ0) is 17.2. The molecule has 3 rings (SSSR count). The minimum atomic E-state index is -3.65. The highest BCUT2D eigenvalue weighted by Crippen LogP contribution is 2.16. The summed E-state index contributed by atoms with van der Waals surface area (Å²) in [6.45, 7) is 1.17. The molecule has 1 aliphatic rings. The van der Waals surface area contributed by atoms with Crippen molar-refractivity contribution in [2.45, 2.75) is 11.4 Å². The van der Waals surface area contributed by atoms with E-state index in [9.17, 15) is 17.6 Å². The number of amides is 1. The Balaban J connectivity index is 1.73. The molecule has 1 N–H and O–H groups in total. The number of carbonyl (C=O) groups is 1. The molecule has 7 nitrogen and oxygen atoms in total. The van der Waals surface area contributed by atoms with Gasteiger partial charge in [0.25, 0.3) is 15.9 Å². The predicted molar refractivity (Wildman–Crippen MR) is 84.3 cm³/mol. The fourth-order valence-corrected chi connectivity index (χ4v) is 4.03. The highest BCUT2D eigenvalue weighted by Gasteiger charge is 2.29. The van der Waals surface area contributed by atoms with Gasteiger partial charge in [-0.15, -0.1) is 0 Å². The standard InChI is InChI=1S/C15H17FN4O3S/c16-13-4-1-3-12(9-13)15(21)19-5-2-6-20(8-7-19)24(22,23)14-10-17-11-18-14/h1,3-4,9-11H,2,5-8H2,(H,17,18). The second-order valence-corrected chi connectivity index (χ2v) is 7.38. The summed E-state index contributed by atoms with van der Waals surface area (Å²) in [5, 5.41) is 0.0346. The first-order chi connectivity index (χ1) is 11.5. The fourth-order valence-electron chi connectivity index (χ4n) is 2.66. The van der Waals surface area contributed by atoms with Crippen LogP contribution in [0.2, 0.25) is 0 Å². The second kappa shape index (κ2) is 6.70. The molecule has 1 saturated heterocycles. The number of aromatic nitrogens is 2. The van der Waals surface area contributed by atoms with Crippen molar-refractivity contribution in [1.29, 1.82) is 0 Å². The Bertz CT molecular complexity index is 823. The van der Waals surface area contributed by atoms with Gasteiger partial charge < -0.3 is 9.88 Å². The van der Waals surface area contributed by atoms with Crippen LogP contribution in [0.1, 0.15) is 16.8 Å². The number of H-pyrrole nitrogens is 1. The monoisotopic (exact) mass is 352 g/mol. The van der Waals surface area contributed by atoms with Gasteiger partial charge in [-0.2, -0.15) is 4.31 Å². The van der Waals surface area contributed by atoms with E-state index in [0.29, 0.717) is 19.5 Å². The molecule has 1 aromatic heterocycles. The van der Waals surface area contributed by atoms with Crippen LogP contribution in [-0.2, 0) is 10.0 Å². The lowest BCUT2D eigenvalue weighted by molar-refractivity contribution is 0.0763. The third-order valence-corrected chi connectivity index (χ3v) is 5.73. The molecular weight excluding hydrogens is 335 g/mol. The number of nitrogens with one attached hydrogen (secondary N) is 1. The molecule has 0 saturated carbocycles.